The summed E-state index contributed by atoms with van der Waals surface area (Å²) in [4.78, 5) is 1.55. The Morgan fingerprint density at radius 2 is 1.73 bits per heavy atom. The first kappa shape index (κ1) is 17.1. The SMILES string of the molecule is COc1ccccc1OCCOCC[NH+]1C[C@@H](C)O[C@H](C)C1. The standard InChI is InChI=1S/C17H27NO4/c1-14-12-18(13-15(2)22-14)8-9-20-10-11-21-17-7-5-4-6-16(17)19-3/h4-7,14-15H,8-13H2,1-3H3/p+1/t14-,15-/m1/s1. The summed E-state index contributed by atoms with van der Waals surface area (Å²) in [5, 5.41) is 0. The summed E-state index contributed by atoms with van der Waals surface area (Å²) in [7, 11) is 1.64. The molecule has 0 aromatic heterocycles. The third-order valence-electron chi connectivity index (χ3n) is 3.77. The van der Waals surface area contributed by atoms with E-state index in [1.807, 2.05) is 24.3 Å². The highest BCUT2D eigenvalue weighted by Crippen LogP contribution is 2.25. The van der Waals surface area contributed by atoms with Crippen LogP contribution in [0.5, 0.6) is 11.5 Å². The molecule has 1 heterocycles. The van der Waals surface area contributed by atoms with E-state index in [0.29, 0.717) is 25.4 Å². The van der Waals surface area contributed by atoms with Crippen LogP contribution in [0, 0.1) is 0 Å². The van der Waals surface area contributed by atoms with Crippen molar-refractivity contribution in [2.45, 2.75) is 26.1 Å². The predicted molar refractivity (Wildman–Crippen MR) is 84.9 cm³/mol. The maximum atomic E-state index is 5.74. The van der Waals surface area contributed by atoms with E-state index >= 15 is 0 Å². The van der Waals surface area contributed by atoms with E-state index in [1.165, 1.54) is 0 Å². The molecule has 1 saturated heterocycles. The number of ether oxygens (including phenoxy) is 4. The monoisotopic (exact) mass is 310 g/mol. The molecule has 1 aromatic carbocycles. The van der Waals surface area contributed by atoms with Crippen molar-refractivity contribution in [2.24, 2.45) is 0 Å². The van der Waals surface area contributed by atoms with E-state index in [1.54, 1.807) is 12.0 Å². The average molecular weight is 310 g/mol. The van der Waals surface area contributed by atoms with E-state index < -0.39 is 0 Å². The van der Waals surface area contributed by atoms with Gasteiger partial charge in [-0.15, -0.1) is 0 Å². The Hall–Kier alpha value is -1.30. The summed E-state index contributed by atoms with van der Waals surface area (Å²) >= 11 is 0. The lowest BCUT2D eigenvalue weighted by Gasteiger charge is -2.32. The van der Waals surface area contributed by atoms with Crippen LogP contribution < -0.4 is 14.4 Å². The Morgan fingerprint density at radius 3 is 2.41 bits per heavy atom. The minimum atomic E-state index is 0.340. The molecule has 2 rings (SSSR count). The van der Waals surface area contributed by atoms with E-state index in [2.05, 4.69) is 13.8 Å². The number of hydrogen-bond donors (Lipinski definition) is 1. The molecule has 1 aromatic rings. The smallest absolute Gasteiger partial charge is 0.161 e. The van der Waals surface area contributed by atoms with Crippen molar-refractivity contribution < 1.29 is 23.8 Å². The van der Waals surface area contributed by atoms with Crippen LogP contribution in [-0.2, 0) is 9.47 Å². The van der Waals surface area contributed by atoms with Crippen molar-refractivity contribution in [3.8, 4) is 11.5 Å². The lowest BCUT2D eigenvalue weighted by atomic mass is 10.2. The summed E-state index contributed by atoms with van der Waals surface area (Å²) in [5.74, 6) is 1.51. The van der Waals surface area contributed by atoms with E-state index in [9.17, 15) is 0 Å². The van der Waals surface area contributed by atoms with Crippen LogP contribution in [0.25, 0.3) is 0 Å². The van der Waals surface area contributed by atoms with E-state index in [4.69, 9.17) is 18.9 Å². The number of hydrogen-bond acceptors (Lipinski definition) is 4. The van der Waals surface area contributed by atoms with Crippen LogP contribution >= 0.6 is 0 Å². The maximum absolute atomic E-state index is 5.74. The molecule has 1 fully saturated rings. The van der Waals surface area contributed by atoms with Crippen molar-refractivity contribution in [3.63, 3.8) is 0 Å². The highest BCUT2D eigenvalue weighted by Gasteiger charge is 2.24. The number of methoxy groups -OCH3 is 1. The van der Waals surface area contributed by atoms with Crippen LogP contribution in [0.1, 0.15) is 13.8 Å². The number of nitrogens with one attached hydrogen (secondary N) is 1. The molecular formula is C17H28NO4+. The zero-order valence-electron chi connectivity index (χ0n) is 13.8. The molecule has 0 amide bonds. The normalized spacial score (nSPS) is 25.0. The predicted octanol–water partition coefficient (Wildman–Crippen LogP) is 0.783. The summed E-state index contributed by atoms with van der Waals surface area (Å²) in [5.41, 5.74) is 0. The van der Waals surface area contributed by atoms with Crippen molar-refractivity contribution in [1.29, 1.82) is 0 Å². The highest BCUT2D eigenvalue weighted by atomic mass is 16.5. The fourth-order valence-electron chi connectivity index (χ4n) is 2.86. The summed E-state index contributed by atoms with van der Waals surface area (Å²) < 4.78 is 22.3. The lowest BCUT2D eigenvalue weighted by Crippen LogP contribution is -3.15. The largest absolute Gasteiger partial charge is 0.493 e. The van der Waals surface area contributed by atoms with Gasteiger partial charge in [0.05, 0.1) is 20.3 Å². The molecule has 0 spiro atoms. The molecule has 0 aliphatic carbocycles. The first-order chi connectivity index (χ1) is 10.7. The minimum absolute atomic E-state index is 0.340. The first-order valence-electron chi connectivity index (χ1n) is 8.01. The Bertz CT molecular complexity index is 430. The van der Waals surface area contributed by atoms with Gasteiger partial charge in [0.25, 0.3) is 0 Å². The van der Waals surface area contributed by atoms with Crippen LogP contribution in [0.2, 0.25) is 0 Å². The van der Waals surface area contributed by atoms with E-state index in [-0.39, 0.29) is 0 Å². The zero-order valence-corrected chi connectivity index (χ0v) is 13.8. The molecule has 0 unspecified atom stereocenters. The molecule has 5 nitrogen and oxygen atoms in total. The van der Waals surface area contributed by atoms with Gasteiger partial charge in [-0.25, -0.2) is 0 Å². The second-order valence-corrected chi connectivity index (χ2v) is 5.78. The second kappa shape index (κ2) is 8.98. The molecular weight excluding hydrogens is 282 g/mol. The minimum Gasteiger partial charge on any atom is -0.493 e. The Kier molecular flexibility index (Phi) is 6.96. The first-order valence-corrected chi connectivity index (χ1v) is 8.01. The van der Waals surface area contributed by atoms with Gasteiger partial charge in [0.15, 0.2) is 11.5 Å². The Balaban J connectivity index is 1.58. The van der Waals surface area contributed by atoms with Crippen molar-refractivity contribution in [3.05, 3.63) is 24.3 Å². The fraction of sp³-hybridized carbons (Fsp3) is 0.647. The van der Waals surface area contributed by atoms with Crippen LogP contribution in [0.15, 0.2) is 24.3 Å². The molecule has 0 saturated carbocycles. The van der Waals surface area contributed by atoms with Crippen LogP contribution in [0.4, 0.5) is 0 Å². The van der Waals surface area contributed by atoms with Gasteiger partial charge in [0, 0.05) is 0 Å². The molecule has 124 valence electrons. The molecule has 1 N–H and O–H groups in total. The van der Waals surface area contributed by atoms with Gasteiger partial charge in [0.2, 0.25) is 0 Å². The van der Waals surface area contributed by atoms with Gasteiger partial charge in [-0.2, -0.15) is 0 Å². The third kappa shape index (κ3) is 5.48. The molecule has 1 aliphatic heterocycles. The summed E-state index contributed by atoms with van der Waals surface area (Å²) in [6, 6.07) is 7.65. The molecule has 1 aliphatic rings. The van der Waals surface area contributed by atoms with Gasteiger partial charge < -0.3 is 23.8 Å². The number of quaternary nitrogens is 1. The number of rotatable bonds is 8. The fourth-order valence-corrected chi connectivity index (χ4v) is 2.86. The quantitative estimate of drug-likeness (QED) is 0.721. The van der Waals surface area contributed by atoms with Crippen LogP contribution in [-0.4, -0.2) is 58.8 Å². The van der Waals surface area contributed by atoms with E-state index in [0.717, 1.165) is 37.7 Å². The van der Waals surface area contributed by atoms with Crippen molar-refractivity contribution in [1.82, 2.24) is 0 Å². The molecule has 22 heavy (non-hydrogen) atoms. The zero-order chi connectivity index (χ0) is 15.8. The lowest BCUT2D eigenvalue weighted by molar-refractivity contribution is -0.915. The van der Waals surface area contributed by atoms with Gasteiger partial charge in [0.1, 0.15) is 38.4 Å². The second-order valence-electron chi connectivity index (χ2n) is 5.78. The molecule has 0 radical (unpaired) electrons. The number of morpholine rings is 1. The van der Waals surface area contributed by atoms with Crippen molar-refractivity contribution >= 4 is 0 Å². The summed E-state index contributed by atoms with van der Waals surface area (Å²) in [6.45, 7) is 9.29. The van der Waals surface area contributed by atoms with Gasteiger partial charge in [-0.3, -0.25) is 0 Å². The topological polar surface area (TPSA) is 41.4 Å². The van der Waals surface area contributed by atoms with Crippen LogP contribution in [0.3, 0.4) is 0 Å². The third-order valence-corrected chi connectivity index (χ3v) is 3.77. The Morgan fingerprint density at radius 1 is 1.05 bits per heavy atom. The maximum Gasteiger partial charge on any atom is 0.161 e. The highest BCUT2D eigenvalue weighted by molar-refractivity contribution is 5.39. The van der Waals surface area contributed by atoms with Gasteiger partial charge in [-0.05, 0) is 26.0 Å². The Labute approximate surface area is 133 Å². The van der Waals surface area contributed by atoms with Gasteiger partial charge in [-0.1, -0.05) is 12.1 Å². The average Bonchev–Trinajstić information content (AvgIpc) is 2.50. The van der Waals surface area contributed by atoms with Gasteiger partial charge >= 0.3 is 0 Å². The summed E-state index contributed by atoms with van der Waals surface area (Å²) in [6.07, 6.45) is 0.681. The number of benzene rings is 1. The van der Waals surface area contributed by atoms with Crippen molar-refractivity contribution in [2.75, 3.05) is 46.6 Å². The molecule has 0 bridgehead atoms. The molecule has 5 heteroatoms. The molecule has 2 atom stereocenters. The number of para-hydroxylation sites is 2.